The third kappa shape index (κ3) is 4.99. The van der Waals surface area contributed by atoms with E-state index in [0.717, 1.165) is 5.56 Å². The maximum absolute atomic E-state index is 12.5. The van der Waals surface area contributed by atoms with E-state index < -0.39 is 11.8 Å². The molecule has 0 atom stereocenters. The number of carbonyl (C=O) groups is 2. The molecular formula is C23H20N4O4. The topological polar surface area (TPSA) is 98.4 Å². The van der Waals surface area contributed by atoms with Gasteiger partial charge in [-0.1, -0.05) is 30.3 Å². The van der Waals surface area contributed by atoms with Gasteiger partial charge < -0.3 is 19.8 Å². The van der Waals surface area contributed by atoms with Crippen molar-refractivity contribution >= 4 is 23.3 Å². The molecule has 0 aliphatic carbocycles. The normalized spacial score (nSPS) is 10.5. The molecule has 0 aliphatic rings. The minimum absolute atomic E-state index is 0.168. The number of aromatic nitrogens is 2. The highest BCUT2D eigenvalue weighted by molar-refractivity contribution is 6.05. The van der Waals surface area contributed by atoms with Crippen molar-refractivity contribution in [3.8, 4) is 5.75 Å². The van der Waals surface area contributed by atoms with Crippen LogP contribution >= 0.6 is 0 Å². The van der Waals surface area contributed by atoms with Gasteiger partial charge in [0.05, 0.1) is 6.26 Å². The van der Waals surface area contributed by atoms with Crippen LogP contribution in [0.25, 0.3) is 0 Å². The van der Waals surface area contributed by atoms with Crippen molar-refractivity contribution in [2.24, 2.45) is 7.05 Å². The van der Waals surface area contributed by atoms with E-state index in [0.29, 0.717) is 23.9 Å². The maximum Gasteiger partial charge on any atom is 0.292 e. The SMILES string of the molecule is Cn1nc(C(=O)Nc2ccc(OCc3ccccc3)cc2)cc1NC(=O)c1ccco1. The van der Waals surface area contributed by atoms with Crippen molar-refractivity contribution in [3.05, 3.63) is 96.1 Å². The molecule has 8 heteroatoms. The molecule has 0 aliphatic heterocycles. The summed E-state index contributed by atoms with van der Waals surface area (Å²) in [6.45, 7) is 0.465. The molecule has 2 aromatic heterocycles. The zero-order chi connectivity index (χ0) is 21.6. The Morgan fingerprint density at radius 2 is 1.74 bits per heavy atom. The van der Waals surface area contributed by atoms with Gasteiger partial charge in [0.1, 0.15) is 18.2 Å². The molecule has 0 spiro atoms. The molecule has 8 nitrogen and oxygen atoms in total. The first kappa shape index (κ1) is 20.0. The van der Waals surface area contributed by atoms with Gasteiger partial charge in [0.25, 0.3) is 11.8 Å². The molecule has 0 bridgehead atoms. The van der Waals surface area contributed by atoms with Crippen LogP contribution in [0.3, 0.4) is 0 Å². The van der Waals surface area contributed by atoms with Crippen LogP contribution in [0.15, 0.2) is 83.5 Å². The van der Waals surface area contributed by atoms with Crippen molar-refractivity contribution in [1.29, 1.82) is 0 Å². The summed E-state index contributed by atoms with van der Waals surface area (Å²) in [5.74, 6) is 0.415. The summed E-state index contributed by atoms with van der Waals surface area (Å²) in [6.07, 6.45) is 1.41. The number of carbonyl (C=O) groups excluding carboxylic acids is 2. The summed E-state index contributed by atoms with van der Waals surface area (Å²) in [6, 6.07) is 21.6. The van der Waals surface area contributed by atoms with E-state index in [9.17, 15) is 9.59 Å². The predicted molar refractivity (Wildman–Crippen MR) is 115 cm³/mol. The minimum Gasteiger partial charge on any atom is -0.489 e. The Labute approximate surface area is 178 Å². The second-order valence-corrected chi connectivity index (χ2v) is 6.72. The van der Waals surface area contributed by atoms with E-state index in [4.69, 9.17) is 9.15 Å². The standard InChI is InChI=1S/C23H20N4O4/c1-27-21(25-23(29)20-8-5-13-30-20)14-19(26-27)22(28)24-17-9-11-18(12-10-17)31-15-16-6-3-2-4-7-16/h2-14H,15H2,1H3,(H,24,28)(H,25,29). The monoisotopic (exact) mass is 416 g/mol. The van der Waals surface area contributed by atoms with Gasteiger partial charge in [-0.2, -0.15) is 5.10 Å². The van der Waals surface area contributed by atoms with Crippen LogP contribution in [0.4, 0.5) is 11.5 Å². The Balaban J connectivity index is 1.35. The molecule has 2 heterocycles. The van der Waals surface area contributed by atoms with Gasteiger partial charge in [0.2, 0.25) is 0 Å². The highest BCUT2D eigenvalue weighted by atomic mass is 16.5. The van der Waals surface area contributed by atoms with E-state index in [1.165, 1.54) is 17.0 Å². The number of furan rings is 1. The summed E-state index contributed by atoms with van der Waals surface area (Å²) in [7, 11) is 1.63. The molecule has 4 aromatic rings. The van der Waals surface area contributed by atoms with Crippen LogP contribution in [-0.4, -0.2) is 21.6 Å². The van der Waals surface area contributed by atoms with Gasteiger partial charge in [-0.15, -0.1) is 0 Å². The number of ether oxygens (including phenoxy) is 1. The van der Waals surface area contributed by atoms with Crippen LogP contribution < -0.4 is 15.4 Å². The van der Waals surface area contributed by atoms with Crippen LogP contribution in [-0.2, 0) is 13.7 Å². The average molecular weight is 416 g/mol. The Kier molecular flexibility index (Phi) is 5.79. The Morgan fingerprint density at radius 1 is 0.968 bits per heavy atom. The summed E-state index contributed by atoms with van der Waals surface area (Å²) in [5.41, 5.74) is 1.84. The Morgan fingerprint density at radius 3 is 2.45 bits per heavy atom. The largest absolute Gasteiger partial charge is 0.489 e. The predicted octanol–water partition coefficient (Wildman–Crippen LogP) is 4.10. The lowest BCUT2D eigenvalue weighted by Gasteiger charge is -2.08. The molecule has 0 saturated heterocycles. The number of nitrogens with one attached hydrogen (secondary N) is 2. The van der Waals surface area contributed by atoms with Crippen LogP contribution in [0, 0.1) is 0 Å². The number of hydrogen-bond acceptors (Lipinski definition) is 5. The first-order valence-electron chi connectivity index (χ1n) is 9.55. The highest BCUT2D eigenvalue weighted by Gasteiger charge is 2.16. The Hall–Kier alpha value is -4.33. The summed E-state index contributed by atoms with van der Waals surface area (Å²) < 4.78 is 12.2. The zero-order valence-corrected chi connectivity index (χ0v) is 16.7. The molecule has 2 N–H and O–H groups in total. The lowest BCUT2D eigenvalue weighted by Crippen LogP contribution is -2.13. The van der Waals surface area contributed by atoms with Crippen molar-refractivity contribution in [3.63, 3.8) is 0 Å². The maximum atomic E-state index is 12.5. The van der Waals surface area contributed by atoms with E-state index in [2.05, 4.69) is 15.7 Å². The average Bonchev–Trinajstić information content (AvgIpc) is 3.45. The fourth-order valence-corrected chi connectivity index (χ4v) is 2.85. The van der Waals surface area contributed by atoms with Gasteiger partial charge in [-0.3, -0.25) is 14.3 Å². The number of rotatable bonds is 7. The quantitative estimate of drug-likeness (QED) is 0.473. The number of aryl methyl sites for hydroxylation is 1. The second-order valence-electron chi connectivity index (χ2n) is 6.72. The van der Waals surface area contributed by atoms with Gasteiger partial charge >= 0.3 is 0 Å². The fraction of sp³-hybridized carbons (Fsp3) is 0.0870. The number of hydrogen-bond donors (Lipinski definition) is 2. The summed E-state index contributed by atoms with van der Waals surface area (Å²) in [4.78, 5) is 24.7. The summed E-state index contributed by atoms with van der Waals surface area (Å²) in [5, 5.41) is 9.59. The van der Waals surface area contributed by atoms with E-state index in [1.54, 1.807) is 43.4 Å². The number of nitrogens with zero attached hydrogens (tertiary/aromatic N) is 2. The molecule has 4 rings (SSSR count). The van der Waals surface area contributed by atoms with E-state index in [1.807, 2.05) is 30.3 Å². The van der Waals surface area contributed by atoms with Gasteiger partial charge in [0.15, 0.2) is 11.5 Å². The van der Waals surface area contributed by atoms with Gasteiger partial charge in [-0.05, 0) is 42.0 Å². The van der Waals surface area contributed by atoms with Gasteiger partial charge in [-0.25, -0.2) is 0 Å². The van der Waals surface area contributed by atoms with Crippen LogP contribution in [0.1, 0.15) is 26.6 Å². The minimum atomic E-state index is -0.425. The fourth-order valence-electron chi connectivity index (χ4n) is 2.85. The van der Waals surface area contributed by atoms with E-state index >= 15 is 0 Å². The van der Waals surface area contributed by atoms with Crippen molar-refractivity contribution in [2.45, 2.75) is 6.61 Å². The first-order valence-corrected chi connectivity index (χ1v) is 9.55. The molecule has 31 heavy (non-hydrogen) atoms. The molecule has 156 valence electrons. The van der Waals surface area contributed by atoms with Crippen molar-refractivity contribution < 1.29 is 18.7 Å². The van der Waals surface area contributed by atoms with Gasteiger partial charge in [0, 0.05) is 18.8 Å². The number of benzene rings is 2. The van der Waals surface area contributed by atoms with Crippen LogP contribution in [0.2, 0.25) is 0 Å². The van der Waals surface area contributed by atoms with E-state index in [-0.39, 0.29) is 11.5 Å². The smallest absolute Gasteiger partial charge is 0.292 e. The zero-order valence-electron chi connectivity index (χ0n) is 16.7. The Bertz CT molecular complexity index is 1170. The molecule has 2 amide bonds. The van der Waals surface area contributed by atoms with Crippen LogP contribution in [0.5, 0.6) is 5.75 Å². The first-order chi connectivity index (χ1) is 15.1. The summed E-state index contributed by atoms with van der Waals surface area (Å²) >= 11 is 0. The number of amides is 2. The molecule has 0 radical (unpaired) electrons. The third-order valence-corrected chi connectivity index (χ3v) is 4.46. The highest BCUT2D eigenvalue weighted by Crippen LogP contribution is 2.18. The third-order valence-electron chi connectivity index (χ3n) is 4.46. The van der Waals surface area contributed by atoms with Crippen molar-refractivity contribution in [1.82, 2.24) is 9.78 Å². The molecule has 2 aromatic carbocycles. The molecule has 0 unspecified atom stereocenters. The molecular weight excluding hydrogens is 396 g/mol. The number of anilines is 2. The molecule has 0 saturated carbocycles. The van der Waals surface area contributed by atoms with Crippen molar-refractivity contribution in [2.75, 3.05) is 10.6 Å². The molecule has 0 fully saturated rings. The second kappa shape index (κ2) is 9.00. The lowest BCUT2D eigenvalue weighted by atomic mass is 10.2. The lowest BCUT2D eigenvalue weighted by molar-refractivity contribution is 0.0993.